The van der Waals surface area contributed by atoms with Gasteiger partial charge < -0.3 is 4.74 Å². The number of carbonyl (C=O) groups excluding carboxylic acids is 3. The van der Waals surface area contributed by atoms with Crippen molar-refractivity contribution in [3.05, 3.63) is 63.1 Å². The first-order chi connectivity index (χ1) is 11.5. The zero-order valence-corrected chi connectivity index (χ0v) is 13.8. The Balaban J connectivity index is 1.67. The predicted molar refractivity (Wildman–Crippen MR) is 89.2 cm³/mol. The number of nitrogens with zero attached hydrogens (tertiary/aromatic N) is 1. The van der Waals surface area contributed by atoms with E-state index in [1.165, 1.54) is 12.1 Å². The van der Waals surface area contributed by atoms with Crippen molar-refractivity contribution in [2.24, 2.45) is 0 Å². The van der Waals surface area contributed by atoms with Crippen LogP contribution in [0.3, 0.4) is 0 Å². The number of carbonyl (C=O) groups is 3. The minimum atomic E-state index is -0.341. The van der Waals surface area contributed by atoms with Gasteiger partial charge in [0.1, 0.15) is 12.4 Å². The molecule has 0 unspecified atom stereocenters. The molecule has 122 valence electrons. The summed E-state index contributed by atoms with van der Waals surface area (Å²) in [5.74, 6) is -0.328. The van der Waals surface area contributed by atoms with E-state index in [9.17, 15) is 14.4 Å². The van der Waals surface area contributed by atoms with Crippen LogP contribution in [0.25, 0.3) is 0 Å². The molecule has 0 radical (unpaired) electrons. The van der Waals surface area contributed by atoms with Crippen LogP contribution in [0.4, 0.5) is 0 Å². The topological polar surface area (TPSA) is 63.7 Å². The average Bonchev–Trinajstić information content (AvgIpc) is 2.80. The monoisotopic (exact) mass is 363 g/mol. The molecular weight excluding hydrogens is 353 g/mol. The second-order valence-electron chi connectivity index (χ2n) is 5.07. The summed E-state index contributed by atoms with van der Waals surface area (Å²) in [5, 5.41) is 0.349. The molecule has 2 aromatic rings. The molecule has 7 heteroatoms. The van der Waals surface area contributed by atoms with Crippen molar-refractivity contribution in [3.8, 4) is 5.75 Å². The molecule has 0 spiro atoms. The maximum absolute atomic E-state index is 12.2. The van der Waals surface area contributed by atoms with Gasteiger partial charge >= 0.3 is 0 Å². The largest absolute Gasteiger partial charge is 0.492 e. The van der Waals surface area contributed by atoms with Crippen LogP contribution in [-0.2, 0) is 0 Å². The van der Waals surface area contributed by atoms with E-state index in [1.54, 1.807) is 24.3 Å². The van der Waals surface area contributed by atoms with E-state index in [2.05, 4.69) is 0 Å². The third kappa shape index (κ3) is 2.88. The molecule has 0 aliphatic carbocycles. The Bertz CT molecular complexity index is 792. The molecule has 1 aliphatic heterocycles. The maximum atomic E-state index is 12.2. The van der Waals surface area contributed by atoms with Gasteiger partial charge in [0.2, 0.25) is 0 Å². The third-order valence-electron chi connectivity index (χ3n) is 3.63. The lowest BCUT2D eigenvalue weighted by atomic mass is 10.1. The number of hydrogen-bond donors (Lipinski definition) is 0. The highest BCUT2D eigenvalue weighted by Crippen LogP contribution is 2.29. The first-order valence-corrected chi connectivity index (χ1v) is 7.80. The fourth-order valence-corrected chi connectivity index (χ4v) is 3.01. The highest BCUT2D eigenvalue weighted by Gasteiger charge is 2.34. The van der Waals surface area contributed by atoms with Gasteiger partial charge in [0.15, 0.2) is 6.29 Å². The number of ether oxygens (including phenoxy) is 1. The number of aldehydes is 1. The standard InChI is InChI=1S/C17H11Cl2NO4/c18-14-7-10(8-15(19)13(14)9-21)24-6-5-20-16(22)11-3-1-2-4-12(11)17(20)23/h1-4,7-9H,5-6H2. The molecule has 2 aromatic carbocycles. The summed E-state index contributed by atoms with van der Waals surface area (Å²) in [6, 6.07) is 9.58. The molecule has 0 saturated carbocycles. The summed E-state index contributed by atoms with van der Waals surface area (Å²) in [6.07, 6.45) is 0.563. The third-order valence-corrected chi connectivity index (χ3v) is 4.26. The highest BCUT2D eigenvalue weighted by atomic mass is 35.5. The zero-order valence-electron chi connectivity index (χ0n) is 12.3. The molecule has 24 heavy (non-hydrogen) atoms. The van der Waals surface area contributed by atoms with Crippen LogP contribution in [0.1, 0.15) is 31.1 Å². The lowest BCUT2D eigenvalue weighted by Crippen LogP contribution is -2.33. The van der Waals surface area contributed by atoms with Gasteiger partial charge in [0.25, 0.3) is 11.8 Å². The summed E-state index contributed by atoms with van der Waals surface area (Å²) >= 11 is 11.9. The number of halogens is 2. The highest BCUT2D eigenvalue weighted by molar-refractivity contribution is 6.38. The van der Waals surface area contributed by atoms with Crippen LogP contribution >= 0.6 is 23.2 Å². The van der Waals surface area contributed by atoms with Crippen molar-refractivity contribution in [2.45, 2.75) is 0 Å². The molecular formula is C17H11Cl2NO4. The van der Waals surface area contributed by atoms with Gasteiger partial charge in [-0.25, -0.2) is 0 Å². The molecule has 0 atom stereocenters. The van der Waals surface area contributed by atoms with Crippen molar-refractivity contribution >= 4 is 41.3 Å². The minimum absolute atomic E-state index is 0.0819. The first-order valence-electron chi connectivity index (χ1n) is 7.05. The van der Waals surface area contributed by atoms with Gasteiger partial charge in [-0.15, -0.1) is 0 Å². The summed E-state index contributed by atoms with van der Waals surface area (Å²) in [4.78, 5) is 36.4. The Morgan fingerprint density at radius 1 is 1.00 bits per heavy atom. The second-order valence-corrected chi connectivity index (χ2v) is 5.89. The normalized spacial score (nSPS) is 13.2. The van der Waals surface area contributed by atoms with Crippen molar-refractivity contribution in [2.75, 3.05) is 13.2 Å². The van der Waals surface area contributed by atoms with Crippen LogP contribution in [0, 0.1) is 0 Å². The molecule has 1 aliphatic rings. The van der Waals surface area contributed by atoms with E-state index in [0.29, 0.717) is 23.2 Å². The second kappa shape index (κ2) is 6.63. The van der Waals surface area contributed by atoms with E-state index < -0.39 is 0 Å². The van der Waals surface area contributed by atoms with E-state index in [-0.39, 0.29) is 40.6 Å². The summed E-state index contributed by atoms with van der Waals surface area (Å²) in [7, 11) is 0. The maximum Gasteiger partial charge on any atom is 0.261 e. The first kappa shape index (κ1) is 16.5. The van der Waals surface area contributed by atoms with Gasteiger partial charge in [-0.05, 0) is 24.3 Å². The van der Waals surface area contributed by atoms with Crippen LogP contribution in [0.2, 0.25) is 10.0 Å². The van der Waals surface area contributed by atoms with Crippen LogP contribution in [-0.4, -0.2) is 36.2 Å². The number of rotatable bonds is 5. The molecule has 1 heterocycles. The Labute approximate surface area is 147 Å². The van der Waals surface area contributed by atoms with Crippen LogP contribution < -0.4 is 4.74 Å². The van der Waals surface area contributed by atoms with E-state index >= 15 is 0 Å². The van der Waals surface area contributed by atoms with E-state index in [1.807, 2.05) is 0 Å². The molecule has 0 saturated heterocycles. The Morgan fingerprint density at radius 2 is 1.54 bits per heavy atom. The molecule has 0 aromatic heterocycles. The van der Waals surface area contributed by atoms with Gasteiger partial charge in [-0.3, -0.25) is 19.3 Å². The predicted octanol–water partition coefficient (Wildman–Crippen LogP) is 3.48. The SMILES string of the molecule is O=Cc1c(Cl)cc(OCCN2C(=O)c3ccccc3C2=O)cc1Cl. The van der Waals surface area contributed by atoms with Crippen molar-refractivity contribution in [3.63, 3.8) is 0 Å². The number of benzene rings is 2. The van der Waals surface area contributed by atoms with Gasteiger partial charge in [-0.2, -0.15) is 0 Å². The van der Waals surface area contributed by atoms with Gasteiger partial charge in [0.05, 0.1) is 33.3 Å². The Morgan fingerprint density at radius 3 is 2.04 bits per heavy atom. The smallest absolute Gasteiger partial charge is 0.261 e. The summed E-state index contributed by atoms with van der Waals surface area (Å²) in [6.45, 7) is 0.176. The Kier molecular flexibility index (Phi) is 4.55. The lowest BCUT2D eigenvalue weighted by Gasteiger charge is -2.15. The van der Waals surface area contributed by atoms with Crippen molar-refractivity contribution in [1.82, 2.24) is 4.90 Å². The molecule has 0 fully saturated rings. The fraction of sp³-hybridized carbons (Fsp3) is 0.118. The number of amides is 2. The molecule has 3 rings (SSSR count). The molecule has 0 bridgehead atoms. The van der Waals surface area contributed by atoms with Crippen LogP contribution in [0.15, 0.2) is 36.4 Å². The summed E-state index contributed by atoms with van der Waals surface area (Å²) < 4.78 is 5.49. The lowest BCUT2D eigenvalue weighted by molar-refractivity contribution is 0.0631. The molecule has 2 amide bonds. The van der Waals surface area contributed by atoms with Crippen molar-refractivity contribution < 1.29 is 19.1 Å². The molecule has 0 N–H and O–H groups in total. The molecule has 5 nitrogen and oxygen atoms in total. The number of imide groups is 1. The summed E-state index contributed by atoms with van der Waals surface area (Å²) in [5.41, 5.74) is 0.971. The van der Waals surface area contributed by atoms with Crippen LogP contribution in [0.5, 0.6) is 5.75 Å². The van der Waals surface area contributed by atoms with E-state index in [4.69, 9.17) is 27.9 Å². The fourth-order valence-electron chi connectivity index (χ4n) is 2.45. The van der Waals surface area contributed by atoms with Gasteiger partial charge in [-0.1, -0.05) is 35.3 Å². The number of hydrogen-bond acceptors (Lipinski definition) is 4. The zero-order chi connectivity index (χ0) is 17.3. The quantitative estimate of drug-likeness (QED) is 0.602. The number of fused-ring (bicyclic) bond motifs is 1. The Hall–Kier alpha value is -2.37. The van der Waals surface area contributed by atoms with Gasteiger partial charge in [0, 0.05) is 0 Å². The average molecular weight is 364 g/mol. The minimum Gasteiger partial charge on any atom is -0.492 e. The van der Waals surface area contributed by atoms with Crippen molar-refractivity contribution in [1.29, 1.82) is 0 Å². The van der Waals surface area contributed by atoms with E-state index in [0.717, 1.165) is 4.90 Å².